The molecular formula is C15H22ClNO3. The molecule has 0 saturated carbocycles. The number of alkyl halides is 1. The maximum atomic E-state index is 11.0. The Bertz CT molecular complexity index is 480. The molecule has 0 radical (unpaired) electrons. The van der Waals surface area contributed by atoms with Gasteiger partial charge in [-0.05, 0) is 37.3 Å². The molecule has 1 rings (SSSR count). The fourth-order valence-electron chi connectivity index (χ4n) is 1.70. The number of ether oxygens (including phenoxy) is 1. The summed E-state index contributed by atoms with van der Waals surface area (Å²) in [6.45, 7) is 9.90. The molecule has 0 bridgehead atoms. The Morgan fingerprint density at radius 3 is 2.40 bits per heavy atom. The fraction of sp³-hybridized carbons (Fsp3) is 0.600. The second kappa shape index (κ2) is 6.44. The fourth-order valence-corrected chi connectivity index (χ4v) is 1.88. The van der Waals surface area contributed by atoms with E-state index < -0.39 is 4.92 Å². The van der Waals surface area contributed by atoms with Gasteiger partial charge in [0.2, 0.25) is 0 Å². The van der Waals surface area contributed by atoms with Crippen molar-refractivity contribution >= 4 is 17.3 Å². The van der Waals surface area contributed by atoms with Crippen LogP contribution in [0.1, 0.15) is 40.2 Å². The number of nitrogens with zero attached hydrogens (tertiary/aromatic N) is 1. The summed E-state index contributed by atoms with van der Waals surface area (Å²) < 4.78 is 5.53. The molecule has 0 aromatic heterocycles. The van der Waals surface area contributed by atoms with E-state index in [9.17, 15) is 10.1 Å². The van der Waals surface area contributed by atoms with E-state index in [-0.39, 0.29) is 22.6 Å². The molecule has 1 aromatic rings. The van der Waals surface area contributed by atoms with Crippen molar-refractivity contribution in [2.24, 2.45) is 5.41 Å². The van der Waals surface area contributed by atoms with Gasteiger partial charge in [-0.15, -0.1) is 11.6 Å². The van der Waals surface area contributed by atoms with Gasteiger partial charge in [-0.25, -0.2) is 0 Å². The van der Waals surface area contributed by atoms with Crippen LogP contribution < -0.4 is 4.74 Å². The van der Waals surface area contributed by atoms with Crippen molar-refractivity contribution in [3.05, 3.63) is 33.9 Å². The predicted molar refractivity (Wildman–Crippen MR) is 81.7 cm³/mol. The van der Waals surface area contributed by atoms with Gasteiger partial charge in [0, 0.05) is 11.4 Å². The zero-order valence-corrected chi connectivity index (χ0v) is 13.4. The molecule has 1 aromatic carbocycles. The van der Waals surface area contributed by atoms with Crippen molar-refractivity contribution in [1.82, 2.24) is 0 Å². The maximum absolute atomic E-state index is 11.0. The molecule has 0 spiro atoms. The topological polar surface area (TPSA) is 52.4 Å². The van der Waals surface area contributed by atoms with E-state index in [1.165, 1.54) is 6.07 Å². The van der Waals surface area contributed by atoms with Crippen LogP contribution in [0.15, 0.2) is 18.2 Å². The first-order valence-corrected chi connectivity index (χ1v) is 7.13. The monoisotopic (exact) mass is 299 g/mol. The Balaban J connectivity index is 3.03. The Morgan fingerprint density at radius 2 is 1.95 bits per heavy atom. The van der Waals surface area contributed by atoms with E-state index in [0.29, 0.717) is 12.2 Å². The van der Waals surface area contributed by atoms with Gasteiger partial charge in [-0.2, -0.15) is 0 Å². The molecular weight excluding hydrogens is 278 g/mol. The van der Waals surface area contributed by atoms with Crippen LogP contribution in [0.2, 0.25) is 0 Å². The molecule has 0 aliphatic carbocycles. The van der Waals surface area contributed by atoms with E-state index in [2.05, 4.69) is 20.8 Å². The minimum absolute atomic E-state index is 0.00988. The van der Waals surface area contributed by atoms with E-state index >= 15 is 0 Å². The number of benzene rings is 1. The predicted octanol–water partition coefficient (Wildman–Crippen LogP) is 4.58. The molecule has 0 aliphatic heterocycles. The van der Waals surface area contributed by atoms with Crippen LogP contribution in [0.25, 0.3) is 0 Å². The second-order valence-corrected chi connectivity index (χ2v) is 6.79. The molecule has 20 heavy (non-hydrogen) atoms. The number of rotatable bonds is 5. The average molecular weight is 300 g/mol. The van der Waals surface area contributed by atoms with Gasteiger partial charge in [0.25, 0.3) is 0 Å². The highest BCUT2D eigenvalue weighted by Gasteiger charge is 2.24. The summed E-state index contributed by atoms with van der Waals surface area (Å²) in [5, 5.41) is 10.9. The van der Waals surface area contributed by atoms with E-state index in [1.807, 2.05) is 13.8 Å². The first kappa shape index (κ1) is 16.8. The number of nitro groups is 1. The van der Waals surface area contributed by atoms with Gasteiger partial charge in [0.1, 0.15) is 0 Å². The first-order valence-electron chi connectivity index (χ1n) is 6.69. The normalized spacial score (nSPS) is 13.3. The lowest BCUT2D eigenvalue weighted by molar-refractivity contribution is -0.386. The zero-order valence-electron chi connectivity index (χ0n) is 12.6. The second-order valence-electron chi connectivity index (χ2n) is 6.26. The molecule has 0 amide bonds. The minimum atomic E-state index is -0.427. The maximum Gasteiger partial charge on any atom is 0.310 e. The van der Waals surface area contributed by atoms with Gasteiger partial charge < -0.3 is 4.74 Å². The molecule has 0 fully saturated rings. The quantitative estimate of drug-likeness (QED) is 0.454. The third kappa shape index (κ3) is 4.67. The molecule has 1 unspecified atom stereocenters. The summed E-state index contributed by atoms with van der Waals surface area (Å²) in [6, 6.07) is 4.95. The van der Waals surface area contributed by atoms with Crippen molar-refractivity contribution in [2.75, 3.05) is 0 Å². The number of hydrogen-bond donors (Lipinski definition) is 0. The van der Waals surface area contributed by atoms with Crippen molar-refractivity contribution in [3.63, 3.8) is 0 Å². The third-order valence-electron chi connectivity index (χ3n) is 2.94. The Labute approximate surface area is 125 Å². The van der Waals surface area contributed by atoms with Crippen LogP contribution in [-0.2, 0) is 6.42 Å². The summed E-state index contributed by atoms with van der Waals surface area (Å²) in [5.74, 6) is 0.306. The Morgan fingerprint density at radius 1 is 1.35 bits per heavy atom. The van der Waals surface area contributed by atoms with Crippen LogP contribution in [0, 0.1) is 15.5 Å². The van der Waals surface area contributed by atoms with Crippen molar-refractivity contribution in [2.45, 2.75) is 52.5 Å². The number of halogens is 1. The van der Waals surface area contributed by atoms with Gasteiger partial charge in [-0.3, -0.25) is 10.1 Å². The van der Waals surface area contributed by atoms with Crippen molar-refractivity contribution in [1.29, 1.82) is 0 Å². The van der Waals surface area contributed by atoms with E-state index in [0.717, 1.165) is 5.56 Å². The summed E-state index contributed by atoms with van der Waals surface area (Å²) in [4.78, 5) is 10.6. The largest absolute Gasteiger partial charge is 0.484 e. The van der Waals surface area contributed by atoms with Crippen LogP contribution in [-0.4, -0.2) is 16.4 Å². The highest BCUT2D eigenvalue weighted by atomic mass is 35.5. The molecule has 112 valence electrons. The lowest BCUT2D eigenvalue weighted by atomic mass is 9.88. The Kier molecular flexibility index (Phi) is 5.40. The highest BCUT2D eigenvalue weighted by Crippen LogP contribution is 2.32. The summed E-state index contributed by atoms with van der Waals surface area (Å²) in [6.07, 6.45) is 0.538. The van der Waals surface area contributed by atoms with Crippen molar-refractivity contribution in [3.8, 4) is 5.75 Å². The van der Waals surface area contributed by atoms with Crippen LogP contribution in [0.5, 0.6) is 5.75 Å². The molecule has 5 heteroatoms. The Hall–Kier alpha value is -1.29. The zero-order chi connectivity index (χ0) is 15.5. The van der Waals surface area contributed by atoms with Gasteiger partial charge in [0.05, 0.1) is 11.0 Å². The van der Waals surface area contributed by atoms with E-state index in [4.69, 9.17) is 16.3 Å². The minimum Gasteiger partial charge on any atom is -0.484 e. The molecule has 0 aliphatic rings. The third-order valence-corrected chi connectivity index (χ3v) is 3.75. The van der Waals surface area contributed by atoms with Gasteiger partial charge >= 0.3 is 5.69 Å². The van der Waals surface area contributed by atoms with Crippen LogP contribution in [0.4, 0.5) is 5.69 Å². The molecule has 0 N–H and O–H groups in total. The molecule has 4 nitrogen and oxygen atoms in total. The van der Waals surface area contributed by atoms with E-state index in [1.54, 1.807) is 12.1 Å². The van der Waals surface area contributed by atoms with Crippen LogP contribution >= 0.6 is 11.6 Å². The smallest absolute Gasteiger partial charge is 0.310 e. The lowest BCUT2D eigenvalue weighted by Gasteiger charge is -2.25. The van der Waals surface area contributed by atoms with Gasteiger partial charge in [0.15, 0.2) is 5.75 Å². The highest BCUT2D eigenvalue weighted by molar-refractivity contribution is 6.21. The summed E-state index contributed by atoms with van der Waals surface area (Å²) >= 11 is 6.38. The average Bonchev–Trinajstić information content (AvgIpc) is 2.26. The van der Waals surface area contributed by atoms with Crippen LogP contribution in [0.3, 0.4) is 0 Å². The molecule has 0 saturated heterocycles. The lowest BCUT2D eigenvalue weighted by Crippen LogP contribution is -2.23. The molecule has 0 heterocycles. The summed E-state index contributed by atoms with van der Waals surface area (Å²) in [5.41, 5.74) is 0.910. The van der Waals surface area contributed by atoms with Crippen molar-refractivity contribution < 1.29 is 9.66 Å². The number of nitro benzene ring substituents is 1. The van der Waals surface area contributed by atoms with Gasteiger partial charge in [-0.1, -0.05) is 26.8 Å². The first-order chi connectivity index (χ1) is 9.11. The molecule has 1 atom stereocenters. The standard InChI is InChI=1S/C15H22ClNO3/c1-10(2)20-13-8-11(6-7-12(13)17(18)19)9-14(16)15(3,4)5/h6-8,10,14H,9H2,1-5H3. The summed E-state index contributed by atoms with van der Waals surface area (Å²) in [7, 11) is 0. The number of hydrogen-bond acceptors (Lipinski definition) is 3. The SMILES string of the molecule is CC(C)Oc1cc(CC(Cl)C(C)(C)C)ccc1[N+](=O)[O-].